The second-order valence-corrected chi connectivity index (χ2v) is 7.46. The van der Waals surface area contributed by atoms with Crippen molar-refractivity contribution >= 4 is 11.6 Å². The molecule has 1 spiro atoms. The van der Waals surface area contributed by atoms with Crippen LogP contribution in [0.1, 0.15) is 36.5 Å². The van der Waals surface area contributed by atoms with Crippen molar-refractivity contribution in [2.24, 2.45) is 0 Å². The van der Waals surface area contributed by atoms with Crippen molar-refractivity contribution in [1.29, 1.82) is 0 Å². The van der Waals surface area contributed by atoms with Crippen LogP contribution in [0, 0.1) is 0 Å². The molecule has 1 aromatic heterocycles. The fraction of sp³-hybridized carbons (Fsp3) is 0.450. The number of halogens is 1. The van der Waals surface area contributed by atoms with Crippen molar-refractivity contribution in [2.75, 3.05) is 13.2 Å². The minimum atomic E-state index is -0.160. The standard InChI is InChI=1S/C20H23ClN2O/c1-15-13-20(7-10-23(15)14-16-4-8-22-9-5-16)19-12-18(21)3-2-17(19)6-11-24-20/h2-5,8-9,12,15H,6-7,10-11,13-14H2,1H3/t15-,20+/m0/s1. The number of piperidine rings is 1. The Kier molecular flexibility index (Phi) is 4.33. The van der Waals surface area contributed by atoms with Crippen molar-refractivity contribution < 1.29 is 4.74 Å². The fourth-order valence-corrected chi connectivity index (χ4v) is 4.38. The molecule has 4 rings (SSSR count). The highest BCUT2D eigenvalue weighted by Gasteiger charge is 2.43. The lowest BCUT2D eigenvalue weighted by molar-refractivity contribution is -0.113. The minimum absolute atomic E-state index is 0.160. The number of fused-ring (bicyclic) bond motifs is 2. The molecule has 0 amide bonds. The molecular formula is C20H23ClN2O. The van der Waals surface area contributed by atoms with Gasteiger partial charge in [-0.25, -0.2) is 0 Å². The quantitative estimate of drug-likeness (QED) is 0.818. The van der Waals surface area contributed by atoms with Crippen LogP contribution in [0.15, 0.2) is 42.7 Å². The molecule has 4 heteroatoms. The summed E-state index contributed by atoms with van der Waals surface area (Å²) in [6.45, 7) is 5.13. The molecule has 0 aliphatic carbocycles. The topological polar surface area (TPSA) is 25.4 Å². The zero-order valence-electron chi connectivity index (χ0n) is 14.0. The van der Waals surface area contributed by atoms with Crippen LogP contribution in [0.5, 0.6) is 0 Å². The lowest BCUT2D eigenvalue weighted by atomic mass is 9.77. The number of benzene rings is 1. The number of hydrogen-bond acceptors (Lipinski definition) is 3. The van der Waals surface area contributed by atoms with Crippen LogP contribution in [0.3, 0.4) is 0 Å². The molecule has 0 unspecified atom stereocenters. The van der Waals surface area contributed by atoms with Gasteiger partial charge in [0, 0.05) is 36.5 Å². The molecule has 1 aromatic carbocycles. The van der Waals surface area contributed by atoms with Gasteiger partial charge in [0.1, 0.15) is 0 Å². The predicted octanol–water partition coefficient (Wildman–Crippen LogP) is 4.19. The summed E-state index contributed by atoms with van der Waals surface area (Å²) in [4.78, 5) is 6.65. The summed E-state index contributed by atoms with van der Waals surface area (Å²) in [5.41, 5.74) is 3.88. The van der Waals surface area contributed by atoms with Gasteiger partial charge in [0.2, 0.25) is 0 Å². The molecule has 1 fully saturated rings. The highest BCUT2D eigenvalue weighted by Crippen LogP contribution is 2.44. The summed E-state index contributed by atoms with van der Waals surface area (Å²) in [7, 11) is 0. The molecule has 2 atom stereocenters. The van der Waals surface area contributed by atoms with E-state index in [4.69, 9.17) is 16.3 Å². The highest BCUT2D eigenvalue weighted by atomic mass is 35.5. The van der Waals surface area contributed by atoms with Gasteiger partial charge in [-0.1, -0.05) is 17.7 Å². The molecule has 24 heavy (non-hydrogen) atoms. The van der Waals surface area contributed by atoms with Gasteiger partial charge in [-0.3, -0.25) is 9.88 Å². The van der Waals surface area contributed by atoms with E-state index in [9.17, 15) is 0 Å². The van der Waals surface area contributed by atoms with Gasteiger partial charge in [0.25, 0.3) is 0 Å². The van der Waals surface area contributed by atoms with E-state index >= 15 is 0 Å². The first-order valence-corrected chi connectivity index (χ1v) is 9.10. The van der Waals surface area contributed by atoms with Crippen LogP contribution < -0.4 is 0 Å². The summed E-state index contributed by atoms with van der Waals surface area (Å²) >= 11 is 6.28. The summed E-state index contributed by atoms with van der Waals surface area (Å²) in [5.74, 6) is 0. The maximum absolute atomic E-state index is 6.36. The SMILES string of the molecule is C[C@H]1C[C@@]2(CCN1Cc1ccncc1)OCCc1ccc(Cl)cc12. The molecule has 3 nitrogen and oxygen atoms in total. The first-order valence-electron chi connectivity index (χ1n) is 8.72. The lowest BCUT2D eigenvalue weighted by Gasteiger charge is -2.48. The van der Waals surface area contributed by atoms with Crippen LogP contribution in [0.2, 0.25) is 5.02 Å². The second-order valence-electron chi connectivity index (χ2n) is 7.02. The first-order chi connectivity index (χ1) is 11.7. The maximum Gasteiger partial charge on any atom is 0.0961 e. The molecule has 0 bridgehead atoms. The van der Waals surface area contributed by atoms with Crippen LogP contribution in [-0.4, -0.2) is 29.1 Å². The van der Waals surface area contributed by atoms with Gasteiger partial charge in [-0.2, -0.15) is 0 Å². The Bertz CT molecular complexity index is 721. The number of ether oxygens (including phenoxy) is 1. The fourth-order valence-electron chi connectivity index (χ4n) is 4.21. The molecule has 3 heterocycles. The average molecular weight is 343 g/mol. The highest BCUT2D eigenvalue weighted by molar-refractivity contribution is 6.30. The van der Waals surface area contributed by atoms with E-state index in [1.807, 2.05) is 18.5 Å². The molecule has 2 aliphatic heterocycles. The Labute approximate surface area is 148 Å². The van der Waals surface area contributed by atoms with Gasteiger partial charge in [0.05, 0.1) is 12.2 Å². The Balaban J connectivity index is 1.56. The van der Waals surface area contributed by atoms with Crippen LogP contribution in [-0.2, 0) is 23.3 Å². The first kappa shape index (κ1) is 16.1. The molecule has 126 valence electrons. The van der Waals surface area contributed by atoms with Gasteiger partial charge >= 0.3 is 0 Å². The summed E-state index contributed by atoms with van der Waals surface area (Å²) in [5, 5.41) is 0.811. The van der Waals surface area contributed by atoms with Gasteiger partial charge in [-0.15, -0.1) is 0 Å². The normalized spacial score (nSPS) is 27.2. The van der Waals surface area contributed by atoms with E-state index in [1.165, 1.54) is 16.7 Å². The molecule has 0 saturated carbocycles. The number of likely N-dealkylation sites (tertiary alicyclic amines) is 1. The molecule has 2 aromatic rings. The predicted molar refractivity (Wildman–Crippen MR) is 96.1 cm³/mol. The van der Waals surface area contributed by atoms with Gasteiger partial charge in [0.15, 0.2) is 0 Å². The number of rotatable bonds is 2. The summed E-state index contributed by atoms with van der Waals surface area (Å²) in [6, 6.07) is 11.0. The molecule has 2 aliphatic rings. The van der Waals surface area contributed by atoms with E-state index in [-0.39, 0.29) is 5.60 Å². The number of pyridine rings is 1. The largest absolute Gasteiger partial charge is 0.370 e. The molecule has 0 radical (unpaired) electrons. The number of nitrogens with zero attached hydrogens (tertiary/aromatic N) is 2. The third-order valence-electron chi connectivity index (χ3n) is 5.50. The third-order valence-corrected chi connectivity index (χ3v) is 5.73. The van der Waals surface area contributed by atoms with Crippen molar-refractivity contribution in [3.8, 4) is 0 Å². The lowest BCUT2D eigenvalue weighted by Crippen LogP contribution is -2.50. The zero-order valence-corrected chi connectivity index (χ0v) is 14.8. The zero-order chi connectivity index (χ0) is 16.6. The van der Waals surface area contributed by atoms with E-state index in [1.54, 1.807) is 0 Å². The van der Waals surface area contributed by atoms with E-state index in [0.29, 0.717) is 6.04 Å². The Morgan fingerprint density at radius 1 is 1.29 bits per heavy atom. The van der Waals surface area contributed by atoms with E-state index < -0.39 is 0 Å². The maximum atomic E-state index is 6.36. The molecule has 1 saturated heterocycles. The Morgan fingerprint density at radius 2 is 2.12 bits per heavy atom. The smallest absolute Gasteiger partial charge is 0.0961 e. The minimum Gasteiger partial charge on any atom is -0.370 e. The van der Waals surface area contributed by atoms with E-state index in [0.717, 1.165) is 44.0 Å². The van der Waals surface area contributed by atoms with Crippen molar-refractivity contribution in [3.05, 3.63) is 64.4 Å². The summed E-state index contributed by atoms with van der Waals surface area (Å²) < 4.78 is 6.36. The van der Waals surface area contributed by atoms with Crippen LogP contribution >= 0.6 is 11.6 Å². The third kappa shape index (κ3) is 2.97. The van der Waals surface area contributed by atoms with E-state index in [2.05, 4.69) is 41.1 Å². The molecular weight excluding hydrogens is 320 g/mol. The monoisotopic (exact) mass is 342 g/mol. The Morgan fingerprint density at radius 3 is 2.92 bits per heavy atom. The van der Waals surface area contributed by atoms with Crippen LogP contribution in [0.4, 0.5) is 0 Å². The van der Waals surface area contributed by atoms with Crippen molar-refractivity contribution in [3.63, 3.8) is 0 Å². The Hall–Kier alpha value is -1.42. The number of hydrogen-bond donors (Lipinski definition) is 0. The summed E-state index contributed by atoms with van der Waals surface area (Å²) in [6.07, 6.45) is 6.77. The average Bonchev–Trinajstić information content (AvgIpc) is 2.59. The second kappa shape index (κ2) is 6.47. The van der Waals surface area contributed by atoms with Crippen molar-refractivity contribution in [2.45, 2.75) is 44.4 Å². The van der Waals surface area contributed by atoms with Gasteiger partial charge < -0.3 is 4.74 Å². The van der Waals surface area contributed by atoms with Gasteiger partial charge in [-0.05, 0) is 67.1 Å². The molecule has 0 N–H and O–H groups in total. The number of aromatic nitrogens is 1. The van der Waals surface area contributed by atoms with Crippen molar-refractivity contribution in [1.82, 2.24) is 9.88 Å². The van der Waals surface area contributed by atoms with Crippen LogP contribution in [0.25, 0.3) is 0 Å².